The van der Waals surface area contributed by atoms with Crippen LogP contribution in [-0.4, -0.2) is 10.8 Å². The van der Waals surface area contributed by atoms with Crippen molar-refractivity contribution in [1.29, 1.82) is 5.41 Å². The van der Waals surface area contributed by atoms with Crippen molar-refractivity contribution in [2.75, 3.05) is 0 Å². The molecule has 2 rings (SSSR count). The molecule has 0 aliphatic heterocycles. The molecule has 0 fully saturated rings. The average Bonchev–Trinajstić information content (AvgIpc) is 2.29. The minimum Gasteiger partial charge on any atom is -0.382 e. The fraction of sp³-hybridized carbons (Fsp3) is 0.0769. The van der Waals surface area contributed by atoms with Crippen LogP contribution in [0, 0.1) is 18.4 Å². The highest BCUT2D eigenvalue weighted by Gasteiger charge is 2.09. The van der Waals surface area contributed by atoms with Gasteiger partial charge in [0.05, 0.1) is 0 Å². The number of nitrogens with one attached hydrogen (secondary N) is 1. The minimum absolute atomic E-state index is 0.0150. The van der Waals surface area contributed by atoms with E-state index in [4.69, 9.17) is 11.1 Å². The lowest BCUT2D eigenvalue weighted by Crippen LogP contribution is -2.14. The number of nitrogens with zero attached hydrogens (tertiary/aromatic N) is 1. The number of hydrogen-bond donors (Lipinski definition) is 2. The van der Waals surface area contributed by atoms with Gasteiger partial charge in [0.25, 0.3) is 0 Å². The first-order chi connectivity index (χ1) is 7.70. The van der Waals surface area contributed by atoms with Gasteiger partial charge in [-0.15, -0.1) is 0 Å². The molecule has 0 unspecified atom stereocenters. The highest BCUT2D eigenvalue weighted by molar-refractivity contribution is 5.99. The maximum absolute atomic E-state index is 7.50. The van der Waals surface area contributed by atoms with Crippen LogP contribution in [0.4, 0.5) is 0 Å². The zero-order valence-electron chi connectivity index (χ0n) is 8.99. The first-order valence-corrected chi connectivity index (χ1v) is 4.97. The monoisotopic (exact) mass is 210 g/mol. The Kier molecular flexibility index (Phi) is 2.68. The van der Waals surface area contributed by atoms with Crippen LogP contribution in [0.1, 0.15) is 11.3 Å². The standard InChI is InChI=1S/C13H12N3/c1-9-5-2-3-6-10(9)11-7-4-8-16-12(11)13(14)15/h2-4,6-8H,1H3,(H3,14,15). The number of nitrogens with two attached hydrogens (primary N) is 1. The first kappa shape index (κ1) is 10.4. The second kappa shape index (κ2) is 4.14. The summed E-state index contributed by atoms with van der Waals surface area (Å²) in [6.07, 6.45) is 1.64. The summed E-state index contributed by atoms with van der Waals surface area (Å²) in [5, 5.41) is 7.50. The smallest absolute Gasteiger partial charge is 0.142 e. The fourth-order valence-corrected chi connectivity index (χ4v) is 1.65. The van der Waals surface area contributed by atoms with Crippen LogP contribution in [0.5, 0.6) is 0 Å². The van der Waals surface area contributed by atoms with Crippen molar-refractivity contribution in [2.24, 2.45) is 5.73 Å². The van der Waals surface area contributed by atoms with Crippen LogP contribution in [0.25, 0.3) is 11.1 Å². The van der Waals surface area contributed by atoms with Crippen LogP contribution in [0.3, 0.4) is 0 Å². The molecule has 3 nitrogen and oxygen atoms in total. The van der Waals surface area contributed by atoms with E-state index in [1.165, 1.54) is 0 Å². The van der Waals surface area contributed by atoms with Gasteiger partial charge in [0.2, 0.25) is 0 Å². The number of pyridine rings is 1. The molecule has 1 radical (unpaired) electrons. The van der Waals surface area contributed by atoms with E-state index < -0.39 is 0 Å². The van der Waals surface area contributed by atoms with E-state index in [0.717, 1.165) is 16.7 Å². The summed E-state index contributed by atoms with van der Waals surface area (Å²) in [6.45, 7) is 1.98. The van der Waals surface area contributed by atoms with Gasteiger partial charge in [-0.1, -0.05) is 24.3 Å². The van der Waals surface area contributed by atoms with E-state index in [9.17, 15) is 0 Å². The van der Waals surface area contributed by atoms with Crippen molar-refractivity contribution < 1.29 is 0 Å². The predicted octanol–water partition coefficient (Wildman–Crippen LogP) is 2.14. The van der Waals surface area contributed by atoms with E-state index in [1.54, 1.807) is 6.20 Å². The molecule has 0 amide bonds. The van der Waals surface area contributed by atoms with Gasteiger partial charge in [0, 0.05) is 11.8 Å². The maximum Gasteiger partial charge on any atom is 0.142 e. The van der Waals surface area contributed by atoms with Gasteiger partial charge in [-0.3, -0.25) is 10.4 Å². The third kappa shape index (κ3) is 1.80. The highest BCUT2D eigenvalue weighted by Crippen LogP contribution is 2.24. The Morgan fingerprint density at radius 2 is 2.06 bits per heavy atom. The van der Waals surface area contributed by atoms with Gasteiger partial charge in [0.1, 0.15) is 11.5 Å². The number of aryl methyl sites for hydroxylation is 1. The van der Waals surface area contributed by atoms with E-state index in [-0.39, 0.29) is 5.84 Å². The molecular weight excluding hydrogens is 198 g/mol. The molecule has 2 aromatic rings. The molecule has 0 aliphatic carbocycles. The average molecular weight is 210 g/mol. The number of benzene rings is 1. The molecule has 3 N–H and O–H groups in total. The number of nitrogen functional groups attached to an aromatic ring is 1. The fourth-order valence-electron chi connectivity index (χ4n) is 1.65. The number of hydrogen-bond acceptors (Lipinski definition) is 2. The molecule has 0 spiro atoms. The van der Waals surface area contributed by atoms with E-state index in [0.29, 0.717) is 5.69 Å². The van der Waals surface area contributed by atoms with Crippen molar-refractivity contribution in [2.45, 2.75) is 6.92 Å². The summed E-state index contributed by atoms with van der Waals surface area (Å²) in [6, 6.07) is 12.6. The maximum atomic E-state index is 7.50. The molecule has 0 saturated heterocycles. The number of amidine groups is 1. The Hall–Kier alpha value is -2.16. The van der Waals surface area contributed by atoms with Gasteiger partial charge in [-0.25, -0.2) is 0 Å². The third-order valence-electron chi connectivity index (χ3n) is 2.42. The molecule has 79 valence electrons. The Morgan fingerprint density at radius 1 is 1.31 bits per heavy atom. The summed E-state index contributed by atoms with van der Waals surface area (Å²) in [5.74, 6) is -0.0150. The summed E-state index contributed by atoms with van der Waals surface area (Å²) in [5.41, 5.74) is 8.95. The molecule has 3 heteroatoms. The molecule has 1 aromatic heterocycles. The van der Waals surface area contributed by atoms with E-state index >= 15 is 0 Å². The third-order valence-corrected chi connectivity index (χ3v) is 2.42. The van der Waals surface area contributed by atoms with Gasteiger partial charge in [0.15, 0.2) is 0 Å². The van der Waals surface area contributed by atoms with Gasteiger partial charge in [-0.2, -0.15) is 0 Å². The van der Waals surface area contributed by atoms with Gasteiger partial charge in [-0.05, 0) is 30.2 Å². The minimum atomic E-state index is -0.0150. The highest BCUT2D eigenvalue weighted by atomic mass is 14.8. The van der Waals surface area contributed by atoms with Crippen LogP contribution in [0.2, 0.25) is 0 Å². The SMILES string of the molecule is Cc1[c]cccc1-c1cccnc1C(=N)N. The molecule has 0 saturated carbocycles. The Bertz CT molecular complexity index is 532. The lowest BCUT2D eigenvalue weighted by molar-refractivity contribution is 1.25. The number of rotatable bonds is 2. The lowest BCUT2D eigenvalue weighted by Gasteiger charge is -2.09. The van der Waals surface area contributed by atoms with Crippen molar-refractivity contribution in [1.82, 2.24) is 4.98 Å². The number of aromatic nitrogens is 1. The summed E-state index contributed by atoms with van der Waals surface area (Å²) in [7, 11) is 0. The second-order valence-corrected chi connectivity index (χ2v) is 3.52. The Balaban J connectivity index is 2.65. The van der Waals surface area contributed by atoms with Crippen molar-refractivity contribution >= 4 is 5.84 Å². The van der Waals surface area contributed by atoms with E-state index in [2.05, 4.69) is 11.1 Å². The Morgan fingerprint density at radius 3 is 2.75 bits per heavy atom. The molecule has 0 atom stereocenters. The molecule has 1 aromatic carbocycles. The molecule has 1 heterocycles. The normalized spacial score (nSPS) is 10.1. The summed E-state index contributed by atoms with van der Waals surface area (Å²) >= 11 is 0. The largest absolute Gasteiger partial charge is 0.382 e. The van der Waals surface area contributed by atoms with Crippen molar-refractivity contribution in [3.63, 3.8) is 0 Å². The van der Waals surface area contributed by atoms with Crippen molar-refractivity contribution in [3.05, 3.63) is 53.9 Å². The van der Waals surface area contributed by atoms with Gasteiger partial charge < -0.3 is 5.73 Å². The van der Waals surface area contributed by atoms with Gasteiger partial charge >= 0.3 is 0 Å². The quantitative estimate of drug-likeness (QED) is 0.589. The zero-order valence-corrected chi connectivity index (χ0v) is 8.99. The van der Waals surface area contributed by atoms with Crippen LogP contribution in [-0.2, 0) is 0 Å². The van der Waals surface area contributed by atoms with Crippen molar-refractivity contribution in [3.8, 4) is 11.1 Å². The second-order valence-electron chi connectivity index (χ2n) is 3.52. The first-order valence-electron chi connectivity index (χ1n) is 4.97. The molecular formula is C13H12N3. The molecule has 0 bridgehead atoms. The molecule has 16 heavy (non-hydrogen) atoms. The lowest BCUT2D eigenvalue weighted by atomic mass is 9.99. The summed E-state index contributed by atoms with van der Waals surface area (Å²) < 4.78 is 0. The predicted molar refractivity (Wildman–Crippen MR) is 64.3 cm³/mol. The van der Waals surface area contributed by atoms with Crippen LogP contribution >= 0.6 is 0 Å². The van der Waals surface area contributed by atoms with Crippen LogP contribution < -0.4 is 5.73 Å². The molecule has 0 aliphatic rings. The topological polar surface area (TPSA) is 62.8 Å². The summed E-state index contributed by atoms with van der Waals surface area (Å²) in [4.78, 5) is 4.13. The van der Waals surface area contributed by atoms with Crippen LogP contribution in [0.15, 0.2) is 36.5 Å². The zero-order chi connectivity index (χ0) is 11.5. The van der Waals surface area contributed by atoms with E-state index in [1.807, 2.05) is 37.3 Å². The Labute approximate surface area is 94.5 Å².